The molecule has 0 bridgehead atoms. The fourth-order valence-corrected chi connectivity index (χ4v) is 4.65. The normalized spacial score (nSPS) is 10.9. The molecule has 0 unspecified atom stereocenters. The Bertz CT molecular complexity index is 946. The van der Waals surface area contributed by atoms with Gasteiger partial charge >= 0.3 is 0 Å². The Morgan fingerprint density at radius 1 is 1.18 bits per heavy atom. The van der Waals surface area contributed by atoms with Crippen LogP contribution in [0.5, 0.6) is 0 Å². The van der Waals surface area contributed by atoms with Gasteiger partial charge in [0.15, 0.2) is 5.13 Å². The van der Waals surface area contributed by atoms with Gasteiger partial charge in [-0.1, -0.05) is 42.0 Å². The van der Waals surface area contributed by atoms with Gasteiger partial charge in [0.05, 0.1) is 9.72 Å². The first kappa shape index (κ1) is 23.0. The van der Waals surface area contributed by atoms with Crippen LogP contribution in [0.2, 0.25) is 5.02 Å². The lowest BCUT2D eigenvalue weighted by atomic mass is 10.2. The zero-order chi connectivity index (χ0) is 19.4. The second kappa shape index (κ2) is 10.5. The third kappa shape index (κ3) is 5.39. The van der Waals surface area contributed by atoms with Gasteiger partial charge in [-0.25, -0.2) is 4.98 Å². The van der Waals surface area contributed by atoms with Crippen molar-refractivity contribution < 1.29 is 4.79 Å². The maximum Gasteiger partial charge on any atom is 0.260 e. The molecule has 4 nitrogen and oxygen atoms in total. The summed E-state index contributed by atoms with van der Waals surface area (Å²) in [6, 6.07) is 13.5. The van der Waals surface area contributed by atoms with Crippen molar-refractivity contribution >= 4 is 68.4 Å². The third-order valence-electron chi connectivity index (χ3n) is 4.00. The van der Waals surface area contributed by atoms with E-state index in [-0.39, 0.29) is 18.3 Å². The van der Waals surface area contributed by atoms with Crippen molar-refractivity contribution in [1.29, 1.82) is 0 Å². The number of thioether (sulfide) groups is 1. The molecule has 2 aromatic carbocycles. The maximum atomic E-state index is 13.3. The van der Waals surface area contributed by atoms with Crippen LogP contribution in [0.3, 0.4) is 0 Å². The highest BCUT2D eigenvalue weighted by atomic mass is 35.5. The predicted molar refractivity (Wildman–Crippen MR) is 125 cm³/mol. The van der Waals surface area contributed by atoms with Gasteiger partial charge in [-0.15, -0.1) is 24.2 Å². The number of carbonyl (C=O) groups is 1. The number of nitrogens with zero attached hydrogens (tertiary/aromatic N) is 3. The lowest BCUT2D eigenvalue weighted by Gasteiger charge is -2.22. The van der Waals surface area contributed by atoms with Gasteiger partial charge in [-0.05, 0) is 50.2 Å². The van der Waals surface area contributed by atoms with Gasteiger partial charge in [0, 0.05) is 23.5 Å². The van der Waals surface area contributed by atoms with E-state index in [2.05, 4.69) is 16.8 Å². The van der Waals surface area contributed by atoms with Crippen molar-refractivity contribution in [2.24, 2.45) is 0 Å². The quantitative estimate of drug-likeness (QED) is 0.428. The number of anilines is 1. The molecule has 1 heterocycles. The number of benzene rings is 2. The van der Waals surface area contributed by atoms with Crippen LogP contribution in [0, 0.1) is 0 Å². The topological polar surface area (TPSA) is 36.4 Å². The molecule has 150 valence electrons. The largest absolute Gasteiger partial charge is 0.308 e. The highest BCUT2D eigenvalue weighted by Crippen LogP contribution is 2.33. The first-order valence-corrected chi connectivity index (χ1v) is 10.9. The number of halogens is 2. The zero-order valence-corrected chi connectivity index (χ0v) is 19.2. The summed E-state index contributed by atoms with van der Waals surface area (Å²) in [6.45, 7) is 3.42. The number of hydrogen-bond acceptors (Lipinski definition) is 5. The first-order chi connectivity index (χ1) is 13.0. The van der Waals surface area contributed by atoms with E-state index in [1.165, 1.54) is 11.3 Å². The fraction of sp³-hybridized carbons (Fsp3) is 0.300. The van der Waals surface area contributed by atoms with Gasteiger partial charge < -0.3 is 4.90 Å². The molecule has 28 heavy (non-hydrogen) atoms. The second-order valence-corrected chi connectivity index (χ2v) is 9.06. The lowest BCUT2D eigenvalue weighted by molar-refractivity contribution is 0.0985. The number of hydrogen-bond donors (Lipinski definition) is 0. The summed E-state index contributed by atoms with van der Waals surface area (Å²) < 4.78 is 0.982. The van der Waals surface area contributed by atoms with E-state index in [4.69, 9.17) is 11.6 Å². The average molecular weight is 456 g/mol. The van der Waals surface area contributed by atoms with Gasteiger partial charge in [0.2, 0.25) is 0 Å². The minimum absolute atomic E-state index is 0. The minimum atomic E-state index is -0.0365. The molecule has 1 amide bonds. The van der Waals surface area contributed by atoms with Crippen molar-refractivity contribution in [2.45, 2.75) is 11.8 Å². The number of rotatable bonds is 7. The Balaban J connectivity index is 0.00000280. The monoisotopic (exact) mass is 455 g/mol. The van der Waals surface area contributed by atoms with E-state index in [1.54, 1.807) is 16.7 Å². The van der Waals surface area contributed by atoms with Crippen LogP contribution in [0.4, 0.5) is 5.13 Å². The molecule has 3 aromatic rings. The van der Waals surface area contributed by atoms with E-state index >= 15 is 0 Å². The number of fused-ring (bicyclic) bond motifs is 1. The van der Waals surface area contributed by atoms with Crippen molar-refractivity contribution in [3.8, 4) is 0 Å². The molecule has 8 heteroatoms. The van der Waals surface area contributed by atoms with Crippen LogP contribution in [0.15, 0.2) is 47.4 Å². The summed E-state index contributed by atoms with van der Waals surface area (Å²) in [5.41, 5.74) is 1.43. The summed E-state index contributed by atoms with van der Waals surface area (Å²) in [7, 11) is 3.99. The summed E-state index contributed by atoms with van der Waals surface area (Å²) in [5, 5.41) is 1.29. The van der Waals surface area contributed by atoms with Crippen LogP contribution < -0.4 is 4.90 Å². The van der Waals surface area contributed by atoms with Crippen molar-refractivity contribution in [1.82, 2.24) is 9.88 Å². The zero-order valence-electron chi connectivity index (χ0n) is 16.0. The number of likely N-dealkylation sites (N-methyl/N-ethyl adjacent to an activating group) is 1. The molecular weight excluding hydrogens is 433 g/mol. The molecule has 0 fully saturated rings. The number of thiazole rings is 1. The molecule has 0 N–H and O–H groups in total. The van der Waals surface area contributed by atoms with Gasteiger partial charge in [-0.3, -0.25) is 9.69 Å². The minimum Gasteiger partial charge on any atom is -0.308 e. The number of aromatic nitrogens is 1. The second-order valence-electron chi connectivity index (χ2n) is 6.30. The van der Waals surface area contributed by atoms with Crippen molar-refractivity contribution in [3.63, 3.8) is 0 Å². The van der Waals surface area contributed by atoms with Crippen molar-refractivity contribution in [3.05, 3.63) is 53.1 Å². The van der Waals surface area contributed by atoms with Crippen LogP contribution in [-0.2, 0) is 0 Å². The fourth-order valence-electron chi connectivity index (χ4n) is 2.64. The van der Waals surface area contributed by atoms with Crippen LogP contribution in [0.1, 0.15) is 17.3 Å². The van der Waals surface area contributed by atoms with E-state index in [0.717, 1.165) is 27.4 Å². The molecule has 0 aliphatic heterocycles. The molecule has 0 atom stereocenters. The highest BCUT2D eigenvalue weighted by molar-refractivity contribution is 7.99. The summed E-state index contributed by atoms with van der Waals surface area (Å²) in [4.78, 5) is 22.9. The van der Waals surface area contributed by atoms with Crippen LogP contribution in [0.25, 0.3) is 10.2 Å². The molecule has 0 saturated heterocycles. The van der Waals surface area contributed by atoms with Gasteiger partial charge in [-0.2, -0.15) is 0 Å². The average Bonchev–Trinajstić information content (AvgIpc) is 3.07. The Morgan fingerprint density at radius 2 is 1.93 bits per heavy atom. The molecule has 1 aromatic heterocycles. The molecule has 0 saturated carbocycles. The summed E-state index contributed by atoms with van der Waals surface area (Å²) in [5.74, 6) is 0.934. The number of para-hydroxylation sites is 1. The number of amides is 1. The molecule has 0 aliphatic rings. The molecule has 0 radical (unpaired) electrons. The molecular formula is C20H23Cl2N3OS2. The molecule has 3 rings (SSSR count). The highest BCUT2D eigenvalue weighted by Gasteiger charge is 2.22. The lowest BCUT2D eigenvalue weighted by Crippen LogP contribution is -2.36. The van der Waals surface area contributed by atoms with Gasteiger partial charge in [0.25, 0.3) is 5.91 Å². The van der Waals surface area contributed by atoms with E-state index in [1.807, 2.05) is 56.6 Å². The standard InChI is InChI=1S/C20H22ClN3OS2.ClH/c1-4-26-15-8-5-7-14(13-15)19(25)24(12-11-23(2)3)20-22-18-16(21)9-6-10-17(18)27-20;/h5-10,13H,4,11-12H2,1-3H3;1H. The Hall–Kier alpha value is -1.31. The van der Waals surface area contributed by atoms with Gasteiger partial charge in [0.1, 0.15) is 5.52 Å². The molecule has 0 spiro atoms. The SMILES string of the molecule is CCSc1cccc(C(=O)N(CCN(C)C)c2nc3c(Cl)cccc3s2)c1.Cl. The van der Waals surface area contributed by atoms with E-state index in [9.17, 15) is 4.79 Å². The van der Waals surface area contributed by atoms with Crippen LogP contribution >= 0.6 is 47.1 Å². The van der Waals surface area contributed by atoms with E-state index < -0.39 is 0 Å². The predicted octanol–water partition coefficient (Wildman–Crippen LogP) is 5.69. The third-order valence-corrected chi connectivity index (χ3v) is 6.22. The first-order valence-electron chi connectivity index (χ1n) is 8.74. The summed E-state index contributed by atoms with van der Waals surface area (Å²) >= 11 is 9.51. The Morgan fingerprint density at radius 3 is 2.61 bits per heavy atom. The van der Waals surface area contributed by atoms with Crippen molar-refractivity contribution in [2.75, 3.05) is 37.8 Å². The molecule has 0 aliphatic carbocycles. The number of carbonyl (C=O) groups excluding carboxylic acids is 1. The smallest absolute Gasteiger partial charge is 0.260 e. The Kier molecular flexibility index (Phi) is 8.58. The maximum absolute atomic E-state index is 13.3. The van der Waals surface area contributed by atoms with Crippen LogP contribution in [-0.4, -0.2) is 48.7 Å². The Labute approximate surface area is 185 Å². The summed E-state index contributed by atoms with van der Waals surface area (Å²) in [6.07, 6.45) is 0. The van der Waals surface area contributed by atoms with E-state index in [0.29, 0.717) is 22.3 Å².